The van der Waals surface area contributed by atoms with E-state index in [4.69, 9.17) is 4.42 Å². The van der Waals surface area contributed by atoms with Crippen LogP contribution in [0.4, 0.5) is 17.1 Å². The van der Waals surface area contributed by atoms with Crippen molar-refractivity contribution in [1.82, 2.24) is 4.57 Å². The molecule has 13 rings (SSSR count). The number of hydrogen-bond acceptors (Lipinski definition) is 2. The fourth-order valence-electron chi connectivity index (χ4n) is 10.0. The van der Waals surface area contributed by atoms with Crippen molar-refractivity contribution in [2.24, 2.45) is 0 Å². The van der Waals surface area contributed by atoms with Crippen molar-refractivity contribution in [3.63, 3.8) is 0 Å². The highest BCUT2D eigenvalue weighted by Crippen LogP contribution is 2.45. The summed E-state index contributed by atoms with van der Waals surface area (Å²) < 4.78 is 9.14. The molecule has 2 aromatic heterocycles. The van der Waals surface area contributed by atoms with Gasteiger partial charge in [0.05, 0.1) is 11.0 Å². The molecule has 0 aliphatic rings. The predicted octanol–water partition coefficient (Wildman–Crippen LogP) is 17.5. The second-order valence-electron chi connectivity index (χ2n) is 16.9. The highest BCUT2D eigenvalue weighted by molar-refractivity contribution is 6.12. The standard InChI is InChI=1S/C62H40N2O/c1-2-14-46-38-47(25-24-41(46)12-1)42-26-32-48(33-27-42)63(49-34-28-44(29-35-49)53-20-11-15-43-13-3-4-16-52(43)53)51-39-57(62-58(40-51)56-19-7-10-23-61(56)65-62)45-30-36-50(37-31-45)64-59-21-8-5-17-54(59)55-18-6-9-22-60(55)64/h1-40H. The molecule has 0 atom stereocenters. The van der Waals surface area contributed by atoms with Gasteiger partial charge in [0.15, 0.2) is 0 Å². The van der Waals surface area contributed by atoms with Crippen LogP contribution >= 0.6 is 0 Å². The molecule has 0 aliphatic heterocycles. The van der Waals surface area contributed by atoms with Crippen molar-refractivity contribution in [1.29, 1.82) is 0 Å². The summed E-state index contributed by atoms with van der Waals surface area (Å²) in [6.45, 7) is 0. The molecule has 65 heavy (non-hydrogen) atoms. The highest BCUT2D eigenvalue weighted by atomic mass is 16.3. The van der Waals surface area contributed by atoms with Gasteiger partial charge in [0.25, 0.3) is 0 Å². The van der Waals surface area contributed by atoms with Crippen LogP contribution in [-0.4, -0.2) is 4.57 Å². The van der Waals surface area contributed by atoms with Gasteiger partial charge in [0.1, 0.15) is 11.2 Å². The molecule has 0 radical (unpaired) electrons. The van der Waals surface area contributed by atoms with Crippen molar-refractivity contribution in [2.45, 2.75) is 0 Å². The third kappa shape index (κ3) is 6.20. The molecule has 0 saturated heterocycles. The van der Waals surface area contributed by atoms with Gasteiger partial charge in [-0.25, -0.2) is 0 Å². The number of nitrogens with zero attached hydrogens (tertiary/aromatic N) is 2. The molecule has 0 saturated carbocycles. The van der Waals surface area contributed by atoms with Crippen molar-refractivity contribution in [3.05, 3.63) is 243 Å². The summed E-state index contributed by atoms with van der Waals surface area (Å²) in [4.78, 5) is 2.38. The van der Waals surface area contributed by atoms with Crippen LogP contribution < -0.4 is 4.90 Å². The zero-order chi connectivity index (χ0) is 42.8. The molecule has 0 bridgehead atoms. The topological polar surface area (TPSA) is 21.3 Å². The summed E-state index contributed by atoms with van der Waals surface area (Å²) in [7, 11) is 0. The highest BCUT2D eigenvalue weighted by Gasteiger charge is 2.21. The summed E-state index contributed by atoms with van der Waals surface area (Å²) in [5.74, 6) is 0. The van der Waals surface area contributed by atoms with Crippen LogP contribution in [0.1, 0.15) is 0 Å². The molecule has 13 aromatic rings. The molecule has 3 nitrogen and oxygen atoms in total. The molecule has 0 amide bonds. The summed E-state index contributed by atoms with van der Waals surface area (Å²) in [5, 5.41) is 9.62. The fourth-order valence-corrected chi connectivity index (χ4v) is 10.0. The van der Waals surface area contributed by atoms with Crippen LogP contribution in [-0.2, 0) is 0 Å². The van der Waals surface area contributed by atoms with Gasteiger partial charge < -0.3 is 13.9 Å². The van der Waals surface area contributed by atoms with Gasteiger partial charge in [-0.2, -0.15) is 0 Å². The number of rotatable bonds is 7. The number of fused-ring (bicyclic) bond motifs is 8. The molecule has 0 unspecified atom stereocenters. The van der Waals surface area contributed by atoms with Gasteiger partial charge in [0.2, 0.25) is 0 Å². The maximum atomic E-state index is 6.77. The number of hydrogen-bond donors (Lipinski definition) is 0. The molecule has 0 aliphatic carbocycles. The predicted molar refractivity (Wildman–Crippen MR) is 274 cm³/mol. The van der Waals surface area contributed by atoms with Crippen LogP contribution in [0, 0.1) is 0 Å². The number of aromatic nitrogens is 1. The van der Waals surface area contributed by atoms with Gasteiger partial charge in [-0.15, -0.1) is 0 Å². The summed E-state index contributed by atoms with van der Waals surface area (Å²) >= 11 is 0. The number of anilines is 3. The number of para-hydroxylation sites is 3. The SMILES string of the molecule is c1ccc2cc(-c3ccc(N(c4ccc(-c5cccc6ccccc56)cc4)c4cc(-c5ccc(-n6c7ccccc7c7ccccc76)cc5)c5oc6ccccc6c5c4)cc3)ccc2c1. The Bertz CT molecular complexity index is 3870. The Kier molecular flexibility index (Phi) is 8.53. The molecule has 3 heteroatoms. The van der Waals surface area contributed by atoms with Crippen molar-refractivity contribution < 1.29 is 4.42 Å². The van der Waals surface area contributed by atoms with E-state index < -0.39 is 0 Å². The van der Waals surface area contributed by atoms with Crippen LogP contribution in [0.25, 0.3) is 104 Å². The van der Waals surface area contributed by atoms with Crippen molar-refractivity contribution >= 4 is 82.4 Å². The van der Waals surface area contributed by atoms with Crippen LogP contribution in [0.15, 0.2) is 247 Å². The van der Waals surface area contributed by atoms with Gasteiger partial charge in [-0.3, -0.25) is 0 Å². The van der Waals surface area contributed by atoms with Crippen molar-refractivity contribution in [2.75, 3.05) is 4.90 Å². The van der Waals surface area contributed by atoms with Gasteiger partial charge in [-0.1, -0.05) is 170 Å². The molecular formula is C62H40N2O. The Labute approximate surface area is 376 Å². The van der Waals surface area contributed by atoms with Crippen LogP contribution in [0.3, 0.4) is 0 Å². The molecule has 11 aromatic carbocycles. The first kappa shape index (κ1) is 36.9. The second kappa shape index (κ2) is 15.0. The third-order valence-corrected chi connectivity index (χ3v) is 13.2. The Balaban J connectivity index is 0.978. The Hall–Kier alpha value is -8.66. The average Bonchev–Trinajstić information content (AvgIpc) is 3.92. The first-order valence-electron chi connectivity index (χ1n) is 22.2. The Morgan fingerprint density at radius 1 is 0.308 bits per heavy atom. The summed E-state index contributed by atoms with van der Waals surface area (Å²) in [5.41, 5.74) is 15.3. The van der Waals surface area contributed by atoms with E-state index in [-0.39, 0.29) is 0 Å². The minimum atomic E-state index is 0.869. The van der Waals surface area contributed by atoms with E-state index in [0.717, 1.165) is 55.8 Å². The van der Waals surface area contributed by atoms with E-state index in [2.05, 4.69) is 246 Å². The van der Waals surface area contributed by atoms with Crippen LogP contribution in [0.2, 0.25) is 0 Å². The molecule has 0 N–H and O–H groups in total. The normalized spacial score (nSPS) is 11.7. The minimum Gasteiger partial charge on any atom is -0.455 e. The minimum absolute atomic E-state index is 0.869. The fraction of sp³-hybridized carbons (Fsp3) is 0. The Morgan fingerprint density at radius 2 is 0.846 bits per heavy atom. The lowest BCUT2D eigenvalue weighted by Crippen LogP contribution is -2.10. The lowest BCUT2D eigenvalue weighted by molar-refractivity contribution is 0.670. The zero-order valence-electron chi connectivity index (χ0n) is 35.4. The largest absolute Gasteiger partial charge is 0.455 e. The van der Waals surface area contributed by atoms with E-state index in [0.29, 0.717) is 0 Å². The van der Waals surface area contributed by atoms with E-state index in [1.54, 1.807) is 0 Å². The van der Waals surface area contributed by atoms with E-state index in [1.165, 1.54) is 65.6 Å². The first-order chi connectivity index (χ1) is 32.2. The third-order valence-electron chi connectivity index (χ3n) is 13.2. The summed E-state index contributed by atoms with van der Waals surface area (Å²) in [6.07, 6.45) is 0. The number of benzene rings is 11. The lowest BCUT2D eigenvalue weighted by Gasteiger charge is -2.27. The zero-order valence-corrected chi connectivity index (χ0v) is 35.4. The van der Waals surface area contributed by atoms with Crippen molar-refractivity contribution in [3.8, 4) is 39.1 Å². The smallest absolute Gasteiger partial charge is 0.143 e. The molecular weight excluding hydrogens is 789 g/mol. The monoisotopic (exact) mass is 828 g/mol. The van der Waals surface area contributed by atoms with E-state index >= 15 is 0 Å². The average molecular weight is 829 g/mol. The molecule has 2 heterocycles. The number of furan rings is 1. The second-order valence-corrected chi connectivity index (χ2v) is 16.9. The first-order valence-corrected chi connectivity index (χ1v) is 22.2. The molecule has 304 valence electrons. The van der Waals surface area contributed by atoms with E-state index in [9.17, 15) is 0 Å². The van der Waals surface area contributed by atoms with Gasteiger partial charge >= 0.3 is 0 Å². The Morgan fingerprint density at radius 3 is 1.57 bits per heavy atom. The van der Waals surface area contributed by atoms with Gasteiger partial charge in [0, 0.05) is 49.9 Å². The summed E-state index contributed by atoms with van der Waals surface area (Å²) in [6, 6.07) is 87.7. The van der Waals surface area contributed by atoms with Gasteiger partial charge in [-0.05, 0) is 122 Å². The quantitative estimate of drug-likeness (QED) is 0.160. The molecule has 0 fully saturated rings. The maximum Gasteiger partial charge on any atom is 0.143 e. The maximum absolute atomic E-state index is 6.77. The lowest BCUT2D eigenvalue weighted by atomic mass is 9.97. The molecule has 0 spiro atoms. The van der Waals surface area contributed by atoms with Crippen LogP contribution in [0.5, 0.6) is 0 Å². The van der Waals surface area contributed by atoms with E-state index in [1.807, 2.05) is 6.07 Å².